The number of aromatic nitrogens is 1. The second-order valence-corrected chi connectivity index (χ2v) is 3.69. The monoisotopic (exact) mass is 239 g/mol. The van der Waals surface area contributed by atoms with Gasteiger partial charge >= 0.3 is 0 Å². The lowest BCUT2D eigenvalue weighted by molar-refractivity contribution is 0.141. The lowest BCUT2D eigenvalue weighted by Gasteiger charge is -2.08. The van der Waals surface area contributed by atoms with Crippen LogP contribution in [0.2, 0.25) is 0 Å². The molecule has 0 aliphatic rings. The third-order valence-corrected chi connectivity index (χ3v) is 2.28. The summed E-state index contributed by atoms with van der Waals surface area (Å²) in [5.41, 5.74) is 6.21. The second kappa shape index (κ2) is 7.73. The zero-order chi connectivity index (χ0) is 12.5. The van der Waals surface area contributed by atoms with Gasteiger partial charge in [0, 0.05) is 13.2 Å². The molecule has 3 N–H and O–H groups in total. The summed E-state index contributed by atoms with van der Waals surface area (Å²) in [6.07, 6.45) is 2.26. The maximum Gasteiger partial charge on any atom is 0.238 e. The Balaban J connectivity index is 2.27. The number of methoxy groups -OCH3 is 1. The standard InChI is InChI=1S/C12H21N3O2/c1-3-4-8-17-9-7-14-11-6-5-10(13)12(15-11)16-2/h5-6H,3-4,7-9,13H2,1-2H3,(H,14,15). The van der Waals surface area contributed by atoms with Crippen LogP contribution in [0.5, 0.6) is 5.88 Å². The summed E-state index contributed by atoms with van der Waals surface area (Å²) in [5.74, 6) is 1.19. The summed E-state index contributed by atoms with van der Waals surface area (Å²) in [6.45, 7) is 4.36. The Labute approximate surface area is 102 Å². The fourth-order valence-corrected chi connectivity index (χ4v) is 1.31. The van der Waals surface area contributed by atoms with Gasteiger partial charge in [0.2, 0.25) is 5.88 Å². The number of hydrogen-bond donors (Lipinski definition) is 2. The molecule has 0 atom stereocenters. The summed E-state index contributed by atoms with van der Waals surface area (Å²) in [6, 6.07) is 3.59. The lowest BCUT2D eigenvalue weighted by Crippen LogP contribution is -2.11. The first kappa shape index (κ1) is 13.6. The number of unbranched alkanes of at least 4 members (excludes halogenated alkanes) is 1. The molecule has 0 fully saturated rings. The van der Waals surface area contributed by atoms with Crippen molar-refractivity contribution in [3.8, 4) is 5.88 Å². The molecule has 0 saturated carbocycles. The summed E-state index contributed by atoms with van der Waals surface area (Å²) in [7, 11) is 1.55. The number of nitrogens with zero attached hydrogens (tertiary/aromatic N) is 1. The molecule has 1 aromatic rings. The summed E-state index contributed by atoms with van der Waals surface area (Å²) in [4.78, 5) is 4.21. The van der Waals surface area contributed by atoms with Gasteiger partial charge < -0.3 is 20.5 Å². The molecule has 96 valence electrons. The molecule has 0 aliphatic carbocycles. The Morgan fingerprint density at radius 3 is 2.88 bits per heavy atom. The van der Waals surface area contributed by atoms with Gasteiger partial charge in [-0.25, -0.2) is 0 Å². The molecular formula is C12H21N3O2. The maximum absolute atomic E-state index is 5.67. The van der Waals surface area contributed by atoms with Crippen molar-refractivity contribution in [1.29, 1.82) is 0 Å². The molecule has 1 heterocycles. The van der Waals surface area contributed by atoms with E-state index in [2.05, 4.69) is 17.2 Å². The quantitative estimate of drug-likeness (QED) is 0.678. The largest absolute Gasteiger partial charge is 0.479 e. The molecule has 0 amide bonds. The Morgan fingerprint density at radius 2 is 2.18 bits per heavy atom. The summed E-state index contributed by atoms with van der Waals surface area (Å²) < 4.78 is 10.5. The first-order valence-electron chi connectivity index (χ1n) is 5.90. The lowest BCUT2D eigenvalue weighted by atomic mass is 10.4. The minimum atomic E-state index is 0.446. The number of nitrogens with one attached hydrogen (secondary N) is 1. The topological polar surface area (TPSA) is 69.4 Å². The van der Waals surface area contributed by atoms with Crippen LogP contribution in [0.15, 0.2) is 12.1 Å². The van der Waals surface area contributed by atoms with E-state index in [9.17, 15) is 0 Å². The molecule has 5 heteroatoms. The highest BCUT2D eigenvalue weighted by atomic mass is 16.5. The molecule has 17 heavy (non-hydrogen) atoms. The van der Waals surface area contributed by atoms with Gasteiger partial charge in [0.1, 0.15) is 5.82 Å². The van der Waals surface area contributed by atoms with Crippen molar-refractivity contribution in [3.05, 3.63) is 12.1 Å². The fourth-order valence-electron chi connectivity index (χ4n) is 1.31. The fraction of sp³-hybridized carbons (Fsp3) is 0.583. The third-order valence-electron chi connectivity index (χ3n) is 2.28. The predicted octanol–water partition coefficient (Wildman–Crippen LogP) is 1.90. The van der Waals surface area contributed by atoms with E-state index in [-0.39, 0.29) is 0 Å². The van der Waals surface area contributed by atoms with Crippen LogP contribution in [0.4, 0.5) is 11.5 Å². The molecule has 0 spiro atoms. The van der Waals surface area contributed by atoms with E-state index in [0.29, 0.717) is 18.2 Å². The van der Waals surface area contributed by atoms with Gasteiger partial charge in [-0.15, -0.1) is 0 Å². The highest BCUT2D eigenvalue weighted by Crippen LogP contribution is 2.19. The van der Waals surface area contributed by atoms with Crippen LogP contribution in [0.3, 0.4) is 0 Å². The molecule has 0 saturated heterocycles. The molecule has 0 aromatic carbocycles. The minimum Gasteiger partial charge on any atom is -0.479 e. The highest BCUT2D eigenvalue weighted by Gasteiger charge is 2.01. The van der Waals surface area contributed by atoms with E-state index >= 15 is 0 Å². The van der Waals surface area contributed by atoms with E-state index in [1.807, 2.05) is 6.07 Å². The molecule has 0 bridgehead atoms. The summed E-state index contributed by atoms with van der Waals surface area (Å²) >= 11 is 0. The molecule has 5 nitrogen and oxygen atoms in total. The summed E-state index contributed by atoms with van der Waals surface area (Å²) in [5, 5.41) is 3.15. The molecule has 1 rings (SSSR count). The van der Waals surface area contributed by atoms with Gasteiger partial charge in [-0.3, -0.25) is 0 Å². The van der Waals surface area contributed by atoms with Crippen molar-refractivity contribution >= 4 is 11.5 Å². The number of pyridine rings is 1. The predicted molar refractivity (Wildman–Crippen MR) is 69.4 cm³/mol. The van der Waals surface area contributed by atoms with Crippen LogP contribution >= 0.6 is 0 Å². The molecule has 0 aliphatic heterocycles. The second-order valence-electron chi connectivity index (χ2n) is 3.69. The van der Waals surface area contributed by atoms with Crippen molar-refractivity contribution < 1.29 is 9.47 Å². The first-order chi connectivity index (χ1) is 8.27. The SMILES string of the molecule is CCCCOCCNc1ccc(N)c(OC)n1. The van der Waals surface area contributed by atoms with E-state index < -0.39 is 0 Å². The minimum absolute atomic E-state index is 0.446. The van der Waals surface area contributed by atoms with Crippen LogP contribution in [0.1, 0.15) is 19.8 Å². The molecule has 0 radical (unpaired) electrons. The average molecular weight is 239 g/mol. The Bertz CT molecular complexity index is 332. The first-order valence-corrected chi connectivity index (χ1v) is 5.90. The number of nitrogens with two attached hydrogens (primary N) is 1. The number of nitrogen functional groups attached to an aromatic ring is 1. The van der Waals surface area contributed by atoms with Gasteiger partial charge in [0.25, 0.3) is 0 Å². The zero-order valence-electron chi connectivity index (χ0n) is 10.5. The Hall–Kier alpha value is -1.49. The van der Waals surface area contributed by atoms with E-state index in [1.54, 1.807) is 13.2 Å². The maximum atomic E-state index is 5.67. The zero-order valence-corrected chi connectivity index (χ0v) is 10.5. The smallest absolute Gasteiger partial charge is 0.238 e. The highest BCUT2D eigenvalue weighted by molar-refractivity contribution is 5.53. The van der Waals surface area contributed by atoms with E-state index in [1.165, 1.54) is 0 Å². The average Bonchev–Trinajstić information content (AvgIpc) is 2.35. The number of ether oxygens (including phenoxy) is 2. The number of anilines is 2. The number of hydrogen-bond acceptors (Lipinski definition) is 5. The van der Waals surface area contributed by atoms with Crippen LogP contribution < -0.4 is 15.8 Å². The Morgan fingerprint density at radius 1 is 1.35 bits per heavy atom. The van der Waals surface area contributed by atoms with Crippen molar-refractivity contribution in [2.45, 2.75) is 19.8 Å². The van der Waals surface area contributed by atoms with Crippen LogP contribution in [-0.4, -0.2) is 31.9 Å². The van der Waals surface area contributed by atoms with Gasteiger partial charge in [-0.1, -0.05) is 13.3 Å². The van der Waals surface area contributed by atoms with Crippen molar-refractivity contribution in [3.63, 3.8) is 0 Å². The van der Waals surface area contributed by atoms with Crippen molar-refractivity contribution in [1.82, 2.24) is 4.98 Å². The van der Waals surface area contributed by atoms with E-state index in [0.717, 1.165) is 31.8 Å². The van der Waals surface area contributed by atoms with Crippen LogP contribution in [-0.2, 0) is 4.74 Å². The van der Waals surface area contributed by atoms with Gasteiger partial charge in [0.15, 0.2) is 0 Å². The van der Waals surface area contributed by atoms with E-state index in [4.69, 9.17) is 15.2 Å². The van der Waals surface area contributed by atoms with Crippen LogP contribution in [0, 0.1) is 0 Å². The van der Waals surface area contributed by atoms with Crippen molar-refractivity contribution in [2.24, 2.45) is 0 Å². The molecule has 0 unspecified atom stereocenters. The van der Waals surface area contributed by atoms with Crippen molar-refractivity contribution in [2.75, 3.05) is 37.9 Å². The molecule has 1 aromatic heterocycles. The van der Waals surface area contributed by atoms with Gasteiger partial charge in [-0.05, 0) is 18.6 Å². The third kappa shape index (κ3) is 4.91. The van der Waals surface area contributed by atoms with Crippen LogP contribution in [0.25, 0.3) is 0 Å². The number of rotatable bonds is 8. The molecular weight excluding hydrogens is 218 g/mol. The van der Waals surface area contributed by atoms with Gasteiger partial charge in [-0.2, -0.15) is 4.98 Å². The Kier molecular flexibility index (Phi) is 6.17. The normalized spacial score (nSPS) is 10.2. The van der Waals surface area contributed by atoms with Gasteiger partial charge in [0.05, 0.1) is 19.4 Å².